The Morgan fingerprint density at radius 2 is 1.52 bits per heavy atom. The Hall–Kier alpha value is -2.37. The zero-order valence-electron chi connectivity index (χ0n) is 17.5. The highest BCUT2D eigenvalue weighted by atomic mass is 16.6. The van der Waals surface area contributed by atoms with Crippen LogP contribution in [0.1, 0.15) is 31.9 Å². The highest BCUT2D eigenvalue weighted by Gasteiger charge is 2.38. The van der Waals surface area contributed by atoms with E-state index in [2.05, 4.69) is 0 Å². The van der Waals surface area contributed by atoms with Crippen LogP contribution in [0.2, 0.25) is 0 Å². The van der Waals surface area contributed by atoms with Gasteiger partial charge in [-0.3, -0.25) is 0 Å². The predicted molar refractivity (Wildman–Crippen MR) is 112 cm³/mol. The predicted octanol–water partition coefficient (Wildman–Crippen LogP) is 4.66. The summed E-state index contributed by atoms with van der Waals surface area (Å²) in [6.07, 6.45) is -0.380. The maximum Gasteiger partial charge on any atom is 0.410 e. The van der Waals surface area contributed by atoms with Gasteiger partial charge in [-0.25, -0.2) is 4.79 Å². The average molecular weight is 398 g/mol. The van der Waals surface area contributed by atoms with E-state index in [0.29, 0.717) is 32.9 Å². The molecule has 29 heavy (non-hydrogen) atoms. The van der Waals surface area contributed by atoms with E-state index in [0.717, 1.165) is 11.1 Å². The van der Waals surface area contributed by atoms with Crippen LogP contribution in [0, 0.1) is 5.92 Å². The van der Waals surface area contributed by atoms with Gasteiger partial charge in [0.2, 0.25) is 0 Å². The third-order valence-electron chi connectivity index (χ3n) is 4.78. The summed E-state index contributed by atoms with van der Waals surface area (Å²) >= 11 is 0. The van der Waals surface area contributed by atoms with Crippen molar-refractivity contribution in [1.29, 1.82) is 0 Å². The monoisotopic (exact) mass is 397 g/mol. The maximum atomic E-state index is 12.5. The minimum absolute atomic E-state index is 0.0847. The third-order valence-corrected chi connectivity index (χ3v) is 4.78. The van der Waals surface area contributed by atoms with Crippen molar-refractivity contribution in [3.05, 3.63) is 71.8 Å². The summed E-state index contributed by atoms with van der Waals surface area (Å²) in [4.78, 5) is 14.3. The zero-order valence-corrected chi connectivity index (χ0v) is 17.5. The van der Waals surface area contributed by atoms with Crippen LogP contribution in [0.25, 0.3) is 0 Å². The van der Waals surface area contributed by atoms with Crippen LogP contribution in [0.5, 0.6) is 0 Å². The molecule has 1 fully saturated rings. The molecule has 2 aromatic rings. The molecule has 1 saturated heterocycles. The molecule has 0 spiro atoms. The number of amides is 1. The van der Waals surface area contributed by atoms with Gasteiger partial charge in [-0.15, -0.1) is 0 Å². The molecule has 1 amide bonds. The van der Waals surface area contributed by atoms with Gasteiger partial charge in [0.15, 0.2) is 0 Å². The molecule has 2 atom stereocenters. The Balaban J connectivity index is 1.58. The molecule has 5 nitrogen and oxygen atoms in total. The Morgan fingerprint density at radius 1 is 0.931 bits per heavy atom. The molecule has 1 heterocycles. The summed E-state index contributed by atoms with van der Waals surface area (Å²) in [5, 5.41) is 0. The first-order chi connectivity index (χ1) is 13.9. The van der Waals surface area contributed by atoms with Crippen molar-refractivity contribution in [3.63, 3.8) is 0 Å². The molecule has 0 N–H and O–H groups in total. The summed E-state index contributed by atoms with van der Waals surface area (Å²) in [5.74, 6) is 0.106. The van der Waals surface area contributed by atoms with Gasteiger partial charge < -0.3 is 19.1 Å². The lowest BCUT2D eigenvalue weighted by Crippen LogP contribution is -2.36. The minimum Gasteiger partial charge on any atom is -0.444 e. The molecule has 156 valence electrons. The number of benzene rings is 2. The molecule has 0 bridgehead atoms. The van der Waals surface area contributed by atoms with Crippen LogP contribution in [-0.4, -0.2) is 42.4 Å². The van der Waals surface area contributed by atoms with Gasteiger partial charge in [-0.05, 0) is 31.9 Å². The lowest BCUT2D eigenvalue weighted by molar-refractivity contribution is -0.0114. The number of nitrogens with zero attached hydrogens (tertiary/aromatic N) is 1. The van der Waals surface area contributed by atoms with Crippen molar-refractivity contribution in [2.75, 3.05) is 19.7 Å². The van der Waals surface area contributed by atoms with Crippen LogP contribution >= 0.6 is 0 Å². The Labute approximate surface area is 173 Å². The molecular formula is C24H31NO4. The van der Waals surface area contributed by atoms with Crippen molar-refractivity contribution in [3.8, 4) is 0 Å². The molecule has 0 aromatic heterocycles. The fourth-order valence-corrected chi connectivity index (χ4v) is 3.35. The Bertz CT molecular complexity index is 757. The molecule has 0 aliphatic carbocycles. The van der Waals surface area contributed by atoms with Gasteiger partial charge in [-0.1, -0.05) is 60.7 Å². The summed E-state index contributed by atoms with van der Waals surface area (Å²) < 4.78 is 17.7. The molecule has 1 aliphatic rings. The number of likely N-dealkylation sites (tertiary alicyclic amines) is 1. The van der Waals surface area contributed by atoms with E-state index in [1.807, 2.05) is 81.4 Å². The summed E-state index contributed by atoms with van der Waals surface area (Å²) in [6.45, 7) is 8.33. The number of carbonyl (C=O) groups is 1. The summed E-state index contributed by atoms with van der Waals surface area (Å²) in [5.41, 5.74) is 1.74. The topological polar surface area (TPSA) is 48.0 Å². The number of carbonyl (C=O) groups excluding carboxylic acids is 1. The standard InChI is InChI=1S/C24H31NO4/c1-24(2,3)29-23(26)25-14-21(18-27-16-19-10-6-4-7-11-19)22(15-25)28-17-20-12-8-5-9-13-20/h4-13,21-22H,14-18H2,1-3H3/t21-,22-/m1/s1. The van der Waals surface area contributed by atoms with E-state index < -0.39 is 5.60 Å². The second kappa shape index (κ2) is 9.90. The molecule has 3 rings (SSSR count). The van der Waals surface area contributed by atoms with Crippen LogP contribution < -0.4 is 0 Å². The van der Waals surface area contributed by atoms with Gasteiger partial charge in [0.25, 0.3) is 0 Å². The highest BCUT2D eigenvalue weighted by molar-refractivity contribution is 5.68. The quantitative estimate of drug-likeness (QED) is 0.682. The lowest BCUT2D eigenvalue weighted by Gasteiger charge is -2.24. The largest absolute Gasteiger partial charge is 0.444 e. The van der Waals surface area contributed by atoms with Gasteiger partial charge >= 0.3 is 6.09 Å². The smallest absolute Gasteiger partial charge is 0.410 e. The van der Waals surface area contributed by atoms with Crippen molar-refractivity contribution >= 4 is 6.09 Å². The maximum absolute atomic E-state index is 12.5. The average Bonchev–Trinajstić information content (AvgIpc) is 3.10. The number of ether oxygens (including phenoxy) is 3. The first-order valence-corrected chi connectivity index (χ1v) is 10.2. The highest BCUT2D eigenvalue weighted by Crippen LogP contribution is 2.24. The number of hydrogen-bond donors (Lipinski definition) is 0. The summed E-state index contributed by atoms with van der Waals surface area (Å²) in [7, 11) is 0. The van der Waals surface area contributed by atoms with Gasteiger partial charge in [0.1, 0.15) is 5.60 Å². The van der Waals surface area contributed by atoms with Crippen LogP contribution in [0.15, 0.2) is 60.7 Å². The fourth-order valence-electron chi connectivity index (χ4n) is 3.35. The molecule has 0 saturated carbocycles. The van der Waals surface area contributed by atoms with Crippen molar-refractivity contribution in [2.45, 2.75) is 45.7 Å². The normalized spacial score (nSPS) is 19.3. The molecular weight excluding hydrogens is 366 g/mol. The number of hydrogen-bond acceptors (Lipinski definition) is 4. The minimum atomic E-state index is -0.515. The van der Waals surface area contributed by atoms with Gasteiger partial charge in [0, 0.05) is 12.5 Å². The first kappa shape index (κ1) is 21.3. The van der Waals surface area contributed by atoms with Gasteiger partial charge in [0.05, 0.1) is 32.5 Å². The molecule has 0 unspecified atom stereocenters. The Kier molecular flexibility index (Phi) is 7.29. The molecule has 0 radical (unpaired) electrons. The van der Waals surface area contributed by atoms with Crippen molar-refractivity contribution in [1.82, 2.24) is 4.90 Å². The first-order valence-electron chi connectivity index (χ1n) is 10.2. The SMILES string of the molecule is CC(C)(C)OC(=O)N1C[C@H](COCc2ccccc2)[C@H](OCc2ccccc2)C1. The lowest BCUT2D eigenvalue weighted by atomic mass is 10.1. The summed E-state index contributed by atoms with van der Waals surface area (Å²) in [6, 6.07) is 20.2. The van der Waals surface area contributed by atoms with Crippen molar-refractivity contribution < 1.29 is 19.0 Å². The molecule has 1 aliphatic heterocycles. The number of rotatable bonds is 7. The van der Waals surface area contributed by atoms with E-state index in [1.165, 1.54) is 0 Å². The van der Waals surface area contributed by atoms with Crippen molar-refractivity contribution in [2.24, 2.45) is 5.92 Å². The second-order valence-electron chi connectivity index (χ2n) is 8.48. The van der Waals surface area contributed by atoms with Crippen LogP contribution in [0.3, 0.4) is 0 Å². The van der Waals surface area contributed by atoms with Crippen LogP contribution in [0.4, 0.5) is 4.79 Å². The zero-order chi connectivity index (χ0) is 20.7. The van der Waals surface area contributed by atoms with E-state index in [4.69, 9.17) is 14.2 Å². The van der Waals surface area contributed by atoms with E-state index >= 15 is 0 Å². The Morgan fingerprint density at radius 3 is 2.10 bits per heavy atom. The molecule has 2 aromatic carbocycles. The van der Waals surface area contributed by atoms with E-state index in [9.17, 15) is 4.79 Å². The molecule has 5 heteroatoms. The fraction of sp³-hybridized carbons (Fsp3) is 0.458. The van der Waals surface area contributed by atoms with Crippen LogP contribution in [-0.2, 0) is 27.4 Å². The van der Waals surface area contributed by atoms with E-state index in [-0.39, 0.29) is 18.1 Å². The van der Waals surface area contributed by atoms with Gasteiger partial charge in [-0.2, -0.15) is 0 Å². The second-order valence-corrected chi connectivity index (χ2v) is 8.48. The third kappa shape index (κ3) is 6.87. The van der Waals surface area contributed by atoms with E-state index in [1.54, 1.807) is 4.90 Å².